The van der Waals surface area contributed by atoms with E-state index < -0.39 is 6.10 Å². The lowest BCUT2D eigenvalue weighted by Gasteiger charge is -2.23. The molecule has 3 heteroatoms. The van der Waals surface area contributed by atoms with E-state index in [1.54, 1.807) is 0 Å². The summed E-state index contributed by atoms with van der Waals surface area (Å²) in [6, 6.07) is 8.18. The van der Waals surface area contributed by atoms with Gasteiger partial charge in [-0.3, -0.25) is 4.98 Å². The number of fused-ring (bicyclic) bond motifs is 1. The summed E-state index contributed by atoms with van der Waals surface area (Å²) in [5.74, 6) is 0. The first-order valence-electron chi connectivity index (χ1n) is 7.56. The molecule has 0 saturated heterocycles. The predicted molar refractivity (Wildman–Crippen MR) is 88.7 cm³/mol. The molecule has 0 aliphatic heterocycles. The molecule has 1 atom stereocenters. The van der Waals surface area contributed by atoms with Gasteiger partial charge in [-0.15, -0.1) is 0 Å². The van der Waals surface area contributed by atoms with E-state index in [1.807, 2.05) is 18.2 Å². The van der Waals surface area contributed by atoms with Crippen molar-refractivity contribution in [3.63, 3.8) is 0 Å². The summed E-state index contributed by atoms with van der Waals surface area (Å²) in [7, 11) is 0. The van der Waals surface area contributed by atoms with Crippen LogP contribution in [0.4, 0.5) is 0 Å². The maximum atomic E-state index is 10.3. The van der Waals surface area contributed by atoms with Crippen LogP contribution in [0.2, 0.25) is 0 Å². The third kappa shape index (κ3) is 4.02. The van der Waals surface area contributed by atoms with Crippen LogP contribution in [-0.2, 0) is 6.42 Å². The van der Waals surface area contributed by atoms with Gasteiger partial charge < -0.3 is 10.4 Å². The Hall–Kier alpha value is -1.45. The van der Waals surface area contributed by atoms with Crippen molar-refractivity contribution in [2.75, 3.05) is 6.54 Å². The van der Waals surface area contributed by atoms with E-state index in [4.69, 9.17) is 4.98 Å². The Bertz CT molecular complexity index is 629. The minimum Gasteiger partial charge on any atom is -0.391 e. The molecule has 2 aromatic rings. The number of benzene rings is 1. The van der Waals surface area contributed by atoms with Gasteiger partial charge in [0.25, 0.3) is 0 Å². The van der Waals surface area contributed by atoms with E-state index in [0.717, 1.165) is 11.2 Å². The van der Waals surface area contributed by atoms with E-state index in [1.165, 1.54) is 16.5 Å². The summed E-state index contributed by atoms with van der Waals surface area (Å²) in [5, 5.41) is 14.8. The highest BCUT2D eigenvalue weighted by molar-refractivity contribution is 5.83. The second-order valence-corrected chi connectivity index (χ2v) is 6.81. The highest BCUT2D eigenvalue weighted by atomic mass is 16.3. The fraction of sp³-hybridized carbons (Fsp3) is 0.500. The number of pyridine rings is 1. The number of aryl methyl sites for hydroxylation is 1. The number of nitrogens with zero attached hydrogens (tertiary/aromatic N) is 1. The van der Waals surface area contributed by atoms with Crippen LogP contribution in [0.3, 0.4) is 0 Å². The number of hydrogen-bond donors (Lipinski definition) is 2. The van der Waals surface area contributed by atoms with Gasteiger partial charge >= 0.3 is 0 Å². The molecule has 3 nitrogen and oxygen atoms in total. The number of para-hydroxylation sites is 1. The van der Waals surface area contributed by atoms with Gasteiger partial charge in [0, 0.05) is 29.6 Å². The fourth-order valence-corrected chi connectivity index (χ4v) is 2.45. The Kier molecular flexibility index (Phi) is 4.64. The average molecular weight is 286 g/mol. The molecule has 1 aromatic carbocycles. The first-order chi connectivity index (χ1) is 9.78. The van der Waals surface area contributed by atoms with E-state index in [-0.39, 0.29) is 5.54 Å². The summed E-state index contributed by atoms with van der Waals surface area (Å²) in [4.78, 5) is 4.73. The smallest absolute Gasteiger partial charge is 0.0720 e. The molecule has 21 heavy (non-hydrogen) atoms. The molecular weight excluding hydrogens is 260 g/mol. The number of hydrogen-bond acceptors (Lipinski definition) is 3. The second kappa shape index (κ2) is 6.12. The molecule has 114 valence electrons. The Morgan fingerprint density at radius 2 is 1.81 bits per heavy atom. The third-order valence-electron chi connectivity index (χ3n) is 3.86. The zero-order chi connectivity index (χ0) is 15.6. The maximum Gasteiger partial charge on any atom is 0.0720 e. The average Bonchev–Trinajstić information content (AvgIpc) is 2.41. The van der Waals surface area contributed by atoms with E-state index in [0.29, 0.717) is 13.0 Å². The molecule has 0 spiro atoms. The zero-order valence-electron chi connectivity index (χ0n) is 13.7. The monoisotopic (exact) mass is 286 g/mol. The van der Waals surface area contributed by atoms with E-state index in [2.05, 4.69) is 46.0 Å². The van der Waals surface area contributed by atoms with Crippen LogP contribution < -0.4 is 5.32 Å². The van der Waals surface area contributed by atoms with Gasteiger partial charge in [0.2, 0.25) is 0 Å². The quantitative estimate of drug-likeness (QED) is 0.907. The molecule has 0 bridgehead atoms. The minimum atomic E-state index is -0.420. The van der Waals surface area contributed by atoms with Crippen molar-refractivity contribution in [3.05, 3.63) is 41.1 Å². The van der Waals surface area contributed by atoms with Crippen molar-refractivity contribution < 1.29 is 5.11 Å². The molecule has 0 aliphatic carbocycles. The van der Waals surface area contributed by atoms with Crippen LogP contribution in [0.25, 0.3) is 10.9 Å². The van der Waals surface area contributed by atoms with Gasteiger partial charge in [-0.1, -0.05) is 18.2 Å². The Morgan fingerprint density at radius 3 is 2.48 bits per heavy atom. The van der Waals surface area contributed by atoms with Gasteiger partial charge in [-0.25, -0.2) is 0 Å². The third-order valence-corrected chi connectivity index (χ3v) is 3.86. The number of aliphatic hydroxyl groups is 1. The summed E-state index contributed by atoms with van der Waals surface area (Å²) in [6.07, 6.45) is 0.164. The van der Waals surface area contributed by atoms with Gasteiger partial charge in [0.15, 0.2) is 0 Å². The number of rotatable bonds is 4. The van der Waals surface area contributed by atoms with Gasteiger partial charge in [0.1, 0.15) is 0 Å². The van der Waals surface area contributed by atoms with Crippen LogP contribution in [-0.4, -0.2) is 28.3 Å². The number of nitrogens with one attached hydrogen (secondary N) is 1. The molecule has 0 radical (unpaired) electrons. The Balaban J connectivity index is 2.20. The van der Waals surface area contributed by atoms with Crippen LogP contribution in [0.1, 0.15) is 37.6 Å². The SMILES string of the molecule is Cc1c(C[C@@H](O)CNC(C)(C)C)nc2ccccc2c1C. The first kappa shape index (κ1) is 15.9. The molecule has 0 unspecified atom stereocenters. The molecular formula is C18H26N2O. The lowest BCUT2D eigenvalue weighted by molar-refractivity contribution is 0.160. The molecule has 1 heterocycles. The van der Waals surface area contributed by atoms with Crippen molar-refractivity contribution in [1.82, 2.24) is 10.3 Å². The van der Waals surface area contributed by atoms with Crippen molar-refractivity contribution in [1.29, 1.82) is 0 Å². The van der Waals surface area contributed by atoms with Crippen LogP contribution in [0.5, 0.6) is 0 Å². The molecule has 0 amide bonds. The van der Waals surface area contributed by atoms with Crippen LogP contribution >= 0.6 is 0 Å². The molecule has 2 rings (SSSR count). The Labute approximate surface area is 127 Å². The maximum absolute atomic E-state index is 10.3. The van der Waals surface area contributed by atoms with Gasteiger partial charge in [-0.05, 0) is 51.8 Å². The van der Waals surface area contributed by atoms with Gasteiger partial charge in [-0.2, -0.15) is 0 Å². The largest absolute Gasteiger partial charge is 0.391 e. The summed E-state index contributed by atoms with van der Waals surface area (Å²) >= 11 is 0. The van der Waals surface area contributed by atoms with Crippen molar-refractivity contribution in [3.8, 4) is 0 Å². The van der Waals surface area contributed by atoms with Gasteiger partial charge in [0.05, 0.1) is 11.6 Å². The lowest BCUT2D eigenvalue weighted by Crippen LogP contribution is -2.41. The highest BCUT2D eigenvalue weighted by Gasteiger charge is 2.15. The molecule has 0 saturated carbocycles. The molecule has 1 aromatic heterocycles. The molecule has 0 aliphatic rings. The zero-order valence-corrected chi connectivity index (χ0v) is 13.7. The second-order valence-electron chi connectivity index (χ2n) is 6.81. The fourth-order valence-electron chi connectivity index (χ4n) is 2.45. The van der Waals surface area contributed by atoms with Crippen molar-refractivity contribution >= 4 is 10.9 Å². The summed E-state index contributed by atoms with van der Waals surface area (Å²) in [5.41, 5.74) is 4.46. The van der Waals surface area contributed by atoms with E-state index >= 15 is 0 Å². The van der Waals surface area contributed by atoms with Crippen LogP contribution in [0, 0.1) is 13.8 Å². The normalized spacial score (nSPS) is 13.6. The van der Waals surface area contributed by atoms with Crippen LogP contribution in [0.15, 0.2) is 24.3 Å². The van der Waals surface area contributed by atoms with E-state index in [9.17, 15) is 5.11 Å². The number of aromatic nitrogens is 1. The number of aliphatic hydroxyl groups excluding tert-OH is 1. The van der Waals surface area contributed by atoms with Crippen molar-refractivity contribution in [2.24, 2.45) is 0 Å². The standard InChI is InChI=1S/C18H26N2O/c1-12-13(2)17(10-14(21)11-19-18(3,4)5)20-16-9-7-6-8-15(12)16/h6-9,14,19,21H,10-11H2,1-5H3/t14-/m1/s1. The summed E-state index contributed by atoms with van der Waals surface area (Å²) < 4.78 is 0. The number of β-amino-alcohol motifs (C(OH)–C–C–N with tert-alkyl or cyclic N) is 1. The first-order valence-corrected chi connectivity index (χ1v) is 7.56. The lowest BCUT2D eigenvalue weighted by atomic mass is 9.99. The highest BCUT2D eigenvalue weighted by Crippen LogP contribution is 2.22. The minimum absolute atomic E-state index is 0.0166. The summed E-state index contributed by atoms with van der Waals surface area (Å²) in [6.45, 7) is 11.1. The molecule has 0 fully saturated rings. The topological polar surface area (TPSA) is 45.1 Å². The van der Waals surface area contributed by atoms with Crippen molar-refractivity contribution in [2.45, 2.75) is 52.7 Å². The molecule has 2 N–H and O–H groups in total. The Morgan fingerprint density at radius 1 is 1.14 bits per heavy atom. The predicted octanol–water partition coefficient (Wildman–Crippen LogP) is 3.14.